The number of piperidine rings is 2. The molecular weight excluding hydrogens is 1130 g/mol. The predicted octanol–water partition coefficient (Wildman–Crippen LogP) is 8.71. The average molecular weight is 1190 g/mol. The molecule has 25 heteroatoms. The Bertz CT molecular complexity index is 3840. The van der Waals surface area contributed by atoms with Gasteiger partial charge in [-0.05, 0) is 55.8 Å². The number of methoxy groups -OCH3 is 2. The predicted molar refractivity (Wildman–Crippen MR) is 328 cm³/mol. The fourth-order valence-electron chi connectivity index (χ4n) is 10.3. The Morgan fingerprint density at radius 2 is 1.14 bits per heavy atom. The van der Waals surface area contributed by atoms with Crippen molar-refractivity contribution in [3.8, 4) is 34.3 Å². The van der Waals surface area contributed by atoms with Crippen LogP contribution < -0.4 is 14.8 Å². The molecule has 2 aliphatic rings. The fraction of sp³-hybridized carbons (Fsp3) is 0.213. The molecule has 10 heterocycles. The van der Waals surface area contributed by atoms with E-state index in [9.17, 15) is 23.9 Å². The number of fused-ring (bicyclic) bond motifs is 2. The Balaban J connectivity index is 0.000000176. The topological polar surface area (TPSA) is 300 Å². The number of hydrogen-bond donors (Lipinski definition) is 4. The fourth-order valence-corrected chi connectivity index (χ4v) is 10.3. The van der Waals surface area contributed by atoms with Gasteiger partial charge < -0.3 is 34.8 Å². The minimum Gasteiger partial charge on any atom is -0.317 e. The van der Waals surface area contributed by atoms with Crippen molar-refractivity contribution in [3.05, 3.63) is 199 Å². The summed E-state index contributed by atoms with van der Waals surface area (Å²) in [5, 5.41) is 13.2. The number of hydrogen-bond acceptors (Lipinski definition) is 18. The summed E-state index contributed by atoms with van der Waals surface area (Å²) in [5.41, 5.74) is 9.74. The molecule has 22 nitrogen and oxygen atoms in total. The van der Waals surface area contributed by atoms with Gasteiger partial charge in [0.1, 0.15) is 34.3 Å². The first-order chi connectivity index (χ1) is 41.6. The number of rotatable bonds is 14. The first-order valence-corrected chi connectivity index (χ1v) is 28.6. The standard InChI is InChI=1S/C30H25N7O3.C16H19N3.C14H10N4O4.CH4BOP.ClH/c1-40-24-18-36-27(23-17-32-10-12-34-23)28-26(24)21(15-35-28)29(38)30(39)37-13-7-20(8-14-37)25(19-5-3-2-4-6-19)22-16-31-9-11-33-22;1-2-4-13(5-3-1)16(14-6-8-17-9-7-14)15-12-18-10-11-19-15;1-22-9-6-18-11(8-5-15-2-3-16-8)12-10(9)7(4-17-12)13(19)14(20)21;1-4-2-3;/h2-6,9-12,15-18,35H,7-8,13-14H2,1H3;1-5,10-12,14,16-17H,6-9H2;2-6,17H,1H3,(H,20,21);4H,1H3;1H. The van der Waals surface area contributed by atoms with E-state index in [0.29, 0.717) is 102 Å². The Labute approximate surface area is 502 Å². The SMILES string of the molecule is COc1cnc(-c2cnccn2)c2[nH]cc(C(=O)C(=O)N3CCC(=C(c4ccccc4)c4cnccn4)CC3)c12.COc1cnc(-c2cnccn2)c2[nH]cc(C(=O)C(=O)O)c12.CPB=O.Cl.c1ccc(C(c2cnccn2)C2CCNCC2)cc1. The second-order valence-corrected chi connectivity index (χ2v) is 20.0. The number of benzene rings is 2. The number of ether oxygens (including phenoxy) is 2. The van der Waals surface area contributed by atoms with Crippen molar-refractivity contribution in [2.45, 2.75) is 31.6 Å². The van der Waals surface area contributed by atoms with E-state index in [4.69, 9.17) is 14.6 Å². The largest absolute Gasteiger partial charge is 0.317 e. The third-order valence-corrected chi connectivity index (χ3v) is 14.4. The molecule has 2 aromatic carbocycles. The summed E-state index contributed by atoms with van der Waals surface area (Å²) in [7, 11) is 3.38. The van der Waals surface area contributed by atoms with Crippen molar-refractivity contribution in [2.75, 3.05) is 47.1 Å². The van der Waals surface area contributed by atoms with Crippen molar-refractivity contribution < 1.29 is 38.5 Å². The number of carboxylic acids is 1. The minimum atomic E-state index is -1.54. The van der Waals surface area contributed by atoms with Gasteiger partial charge in [-0.3, -0.25) is 54.3 Å². The van der Waals surface area contributed by atoms with E-state index in [1.54, 1.807) is 54.5 Å². The maximum absolute atomic E-state index is 13.5. The van der Waals surface area contributed by atoms with Crippen LogP contribution in [-0.4, -0.2) is 147 Å². The van der Waals surface area contributed by atoms with E-state index in [-0.39, 0.29) is 23.5 Å². The number of aliphatic carboxylic acids is 1. The Morgan fingerprint density at radius 1 is 0.640 bits per heavy atom. The molecule has 2 atom stereocenters. The van der Waals surface area contributed by atoms with Gasteiger partial charge in [0.05, 0.1) is 89.5 Å². The molecule has 2 fully saturated rings. The molecule has 8 aromatic heterocycles. The van der Waals surface area contributed by atoms with Crippen LogP contribution in [0.2, 0.25) is 0 Å². The molecule has 12 rings (SSSR count). The number of ketones is 2. The zero-order valence-corrected chi connectivity index (χ0v) is 48.8. The molecule has 2 aliphatic heterocycles. The molecule has 10 aromatic rings. The number of aromatic amines is 2. The molecule has 0 spiro atoms. The number of Topliss-reactive ketones (excluding diaryl/α,β-unsaturated/α-hetero) is 2. The van der Waals surface area contributed by atoms with Crippen LogP contribution in [-0.2, 0) is 14.3 Å². The van der Waals surface area contributed by atoms with Crippen molar-refractivity contribution in [1.82, 2.24) is 70.0 Å². The van der Waals surface area contributed by atoms with Gasteiger partial charge >= 0.3 is 32.7 Å². The van der Waals surface area contributed by atoms with Gasteiger partial charge in [0, 0.05) is 92.7 Å². The number of nitrogens with zero attached hydrogens (tertiary/aromatic N) is 11. The number of pyridine rings is 2. The van der Waals surface area contributed by atoms with Crippen LogP contribution >= 0.6 is 20.9 Å². The van der Waals surface area contributed by atoms with Gasteiger partial charge in [-0.1, -0.05) is 66.2 Å². The van der Waals surface area contributed by atoms with E-state index < -0.39 is 23.4 Å². The molecule has 86 heavy (non-hydrogen) atoms. The van der Waals surface area contributed by atoms with Crippen LogP contribution in [0.5, 0.6) is 11.5 Å². The van der Waals surface area contributed by atoms with Crippen LogP contribution in [0.25, 0.3) is 50.2 Å². The third-order valence-electron chi connectivity index (χ3n) is 14.2. The zero-order chi connectivity index (χ0) is 59.5. The summed E-state index contributed by atoms with van der Waals surface area (Å²) in [6.07, 6.45) is 29.3. The number of carbonyl (C=O) groups excluding carboxylic acids is 3. The van der Waals surface area contributed by atoms with Gasteiger partial charge in [0.25, 0.3) is 17.5 Å². The van der Waals surface area contributed by atoms with Crippen LogP contribution in [0, 0.1) is 5.92 Å². The number of aromatic nitrogens is 12. The number of amides is 1. The van der Waals surface area contributed by atoms with Gasteiger partial charge in [0.15, 0.2) is 0 Å². The van der Waals surface area contributed by atoms with Crippen LogP contribution in [0.4, 0.5) is 0 Å². The van der Waals surface area contributed by atoms with Gasteiger partial charge in [-0.2, -0.15) is 0 Å². The summed E-state index contributed by atoms with van der Waals surface area (Å²) in [6.45, 7) is 5.79. The van der Waals surface area contributed by atoms with Crippen molar-refractivity contribution in [1.29, 1.82) is 0 Å². The second-order valence-electron chi connectivity index (χ2n) is 19.1. The van der Waals surface area contributed by atoms with Crippen LogP contribution in [0.3, 0.4) is 0 Å². The summed E-state index contributed by atoms with van der Waals surface area (Å²) in [6, 6.07) is 20.8. The Morgan fingerprint density at radius 3 is 1.60 bits per heavy atom. The molecule has 436 valence electrons. The number of H-pyrrole nitrogens is 2. The van der Waals surface area contributed by atoms with E-state index >= 15 is 0 Å². The molecule has 0 radical (unpaired) electrons. The third kappa shape index (κ3) is 14.6. The van der Waals surface area contributed by atoms with Crippen molar-refractivity contribution in [2.24, 2.45) is 5.92 Å². The first kappa shape index (κ1) is 62.4. The molecular formula is C61H59BClN14O8P. The summed E-state index contributed by atoms with van der Waals surface area (Å²) < 4.78 is 19.9. The molecule has 0 bridgehead atoms. The summed E-state index contributed by atoms with van der Waals surface area (Å²) >= 11 is 0. The second kappa shape index (κ2) is 30.7. The van der Waals surface area contributed by atoms with E-state index in [1.165, 1.54) is 81.6 Å². The molecule has 0 saturated carbocycles. The number of carbonyl (C=O) groups is 4. The molecule has 0 aliphatic carbocycles. The average Bonchev–Trinajstić information content (AvgIpc) is 1.94. The van der Waals surface area contributed by atoms with Gasteiger partial charge in [-0.25, -0.2) is 14.8 Å². The smallest absolute Gasteiger partial charge is 0.0664 e. The maximum Gasteiger partial charge on any atom is 0.0664 e. The molecule has 4 N–H and O–H groups in total. The van der Waals surface area contributed by atoms with E-state index in [2.05, 4.69) is 95.5 Å². The summed E-state index contributed by atoms with van der Waals surface area (Å²) in [4.78, 5) is 100. The van der Waals surface area contributed by atoms with Gasteiger partial charge in [0.2, 0.25) is 0 Å². The van der Waals surface area contributed by atoms with Crippen molar-refractivity contribution >= 4 is 78.6 Å². The van der Waals surface area contributed by atoms with Crippen LogP contribution in [0.1, 0.15) is 74.8 Å². The van der Waals surface area contributed by atoms with E-state index in [0.717, 1.165) is 42.5 Å². The normalized spacial score (nSPS) is 13.3. The number of halogens is 1. The molecule has 2 unspecified atom stereocenters. The molecule has 1 amide bonds. The maximum atomic E-state index is 13.5. The number of carboxylic acid groups (broad SMARTS) is 1. The monoisotopic (exact) mass is 1190 g/mol. The molecule has 2 saturated heterocycles. The Hall–Kier alpha value is -9.70. The van der Waals surface area contributed by atoms with Crippen molar-refractivity contribution in [3.63, 3.8) is 0 Å². The minimum absolute atomic E-state index is 0. The zero-order valence-electron chi connectivity index (χ0n) is 47.0. The summed E-state index contributed by atoms with van der Waals surface area (Å²) in [5.74, 6) is -2.01. The number of nitrogens with one attached hydrogen (secondary N) is 3. The van der Waals surface area contributed by atoms with Crippen LogP contribution in [0.15, 0.2) is 165 Å². The van der Waals surface area contributed by atoms with Gasteiger partial charge in [-0.15, -0.1) is 12.4 Å². The number of likely N-dealkylation sites (tertiary alicyclic amines) is 1. The Kier molecular flexibility index (Phi) is 22.3. The first-order valence-electron chi connectivity index (χ1n) is 27.0. The quantitative estimate of drug-likeness (QED) is 0.0342. The van der Waals surface area contributed by atoms with E-state index in [1.807, 2.05) is 43.2 Å².